The zero-order chi connectivity index (χ0) is 25.0. The first kappa shape index (κ1) is 22.0. The zero-order valence-electron chi connectivity index (χ0n) is 19.7. The number of nitrogens with one attached hydrogen (secondary N) is 1. The van der Waals surface area contributed by atoms with Gasteiger partial charge in [-0.3, -0.25) is 19.7 Å². The lowest BCUT2D eigenvalue weighted by atomic mass is 9.86. The number of nitro benzene ring substituents is 1. The summed E-state index contributed by atoms with van der Waals surface area (Å²) in [5.74, 6) is -0.283. The number of aryl methyl sites for hydroxylation is 1. The van der Waals surface area contributed by atoms with E-state index in [0.29, 0.717) is 18.5 Å². The van der Waals surface area contributed by atoms with Crippen molar-refractivity contribution in [1.29, 1.82) is 0 Å². The summed E-state index contributed by atoms with van der Waals surface area (Å²) in [7, 11) is 0. The molecule has 36 heavy (non-hydrogen) atoms. The molecule has 0 spiro atoms. The van der Waals surface area contributed by atoms with Gasteiger partial charge in [0.1, 0.15) is 12.6 Å². The number of amides is 2. The lowest BCUT2D eigenvalue weighted by Crippen LogP contribution is -2.62. The van der Waals surface area contributed by atoms with Gasteiger partial charge in [-0.05, 0) is 29.7 Å². The van der Waals surface area contributed by atoms with Crippen LogP contribution in [0, 0.1) is 17.0 Å². The van der Waals surface area contributed by atoms with Crippen molar-refractivity contribution in [2.24, 2.45) is 0 Å². The van der Waals surface area contributed by atoms with Crippen LogP contribution >= 0.6 is 0 Å². The van der Waals surface area contributed by atoms with E-state index in [9.17, 15) is 19.7 Å². The molecule has 3 aromatic carbocycles. The maximum absolute atomic E-state index is 13.8. The monoisotopic (exact) mass is 480 g/mol. The fourth-order valence-corrected chi connectivity index (χ4v) is 5.53. The van der Waals surface area contributed by atoms with Crippen molar-refractivity contribution >= 4 is 28.4 Å². The summed E-state index contributed by atoms with van der Waals surface area (Å²) in [6.07, 6.45) is 0.389. The van der Waals surface area contributed by atoms with Gasteiger partial charge >= 0.3 is 0 Å². The van der Waals surface area contributed by atoms with Crippen LogP contribution in [0.2, 0.25) is 0 Å². The maximum Gasteiger partial charge on any atom is 0.269 e. The van der Waals surface area contributed by atoms with Crippen LogP contribution in [0.25, 0.3) is 10.9 Å². The molecule has 1 N–H and O–H groups in total. The van der Waals surface area contributed by atoms with Crippen LogP contribution in [-0.4, -0.2) is 44.1 Å². The number of aromatic amines is 1. The van der Waals surface area contributed by atoms with Crippen LogP contribution in [-0.2, 0) is 22.6 Å². The van der Waals surface area contributed by atoms with Crippen molar-refractivity contribution in [1.82, 2.24) is 14.8 Å². The number of benzene rings is 3. The predicted molar refractivity (Wildman–Crippen MR) is 134 cm³/mol. The van der Waals surface area contributed by atoms with Crippen LogP contribution in [0.15, 0.2) is 72.8 Å². The van der Waals surface area contributed by atoms with E-state index in [-0.39, 0.29) is 24.0 Å². The smallest absolute Gasteiger partial charge is 0.269 e. The van der Waals surface area contributed by atoms with Crippen molar-refractivity contribution in [3.63, 3.8) is 0 Å². The number of para-hydroxylation sites is 1. The van der Waals surface area contributed by atoms with Crippen molar-refractivity contribution in [2.75, 3.05) is 6.54 Å². The molecule has 2 aliphatic heterocycles. The molecule has 1 fully saturated rings. The minimum atomic E-state index is -0.687. The molecule has 2 atom stereocenters. The Kier molecular flexibility index (Phi) is 5.10. The Labute approximate surface area is 207 Å². The van der Waals surface area contributed by atoms with Gasteiger partial charge in [0.2, 0.25) is 11.8 Å². The van der Waals surface area contributed by atoms with Crippen LogP contribution < -0.4 is 0 Å². The lowest BCUT2D eigenvalue weighted by molar-refractivity contribution is -0.384. The van der Waals surface area contributed by atoms with E-state index in [1.165, 1.54) is 12.1 Å². The Bertz CT molecular complexity index is 1520. The summed E-state index contributed by atoms with van der Waals surface area (Å²) in [6, 6.07) is 20.8. The fraction of sp³-hybridized carbons (Fsp3) is 0.214. The van der Waals surface area contributed by atoms with Crippen molar-refractivity contribution < 1.29 is 14.5 Å². The first-order chi connectivity index (χ1) is 17.4. The number of rotatable bonds is 4. The second-order valence-electron chi connectivity index (χ2n) is 9.52. The quantitative estimate of drug-likeness (QED) is 0.348. The summed E-state index contributed by atoms with van der Waals surface area (Å²) < 4.78 is 0. The highest BCUT2D eigenvalue weighted by atomic mass is 16.6. The Hall–Kier alpha value is -4.46. The number of hydrogen-bond acceptors (Lipinski definition) is 4. The van der Waals surface area contributed by atoms with Crippen LogP contribution in [0.4, 0.5) is 5.69 Å². The molecule has 0 aliphatic carbocycles. The summed E-state index contributed by atoms with van der Waals surface area (Å²) in [5.41, 5.74) is 5.34. The largest absolute Gasteiger partial charge is 0.356 e. The van der Waals surface area contributed by atoms with E-state index in [1.807, 2.05) is 55.5 Å². The van der Waals surface area contributed by atoms with E-state index < -0.39 is 17.0 Å². The van der Waals surface area contributed by atoms with E-state index in [0.717, 1.165) is 33.3 Å². The summed E-state index contributed by atoms with van der Waals surface area (Å²) in [4.78, 5) is 45.2. The molecule has 8 nitrogen and oxygen atoms in total. The summed E-state index contributed by atoms with van der Waals surface area (Å²) >= 11 is 0. The average molecular weight is 481 g/mol. The molecule has 0 radical (unpaired) electrons. The molecule has 3 heterocycles. The first-order valence-corrected chi connectivity index (χ1v) is 11.9. The van der Waals surface area contributed by atoms with Gasteiger partial charge in [0.15, 0.2) is 0 Å². The van der Waals surface area contributed by atoms with Crippen molar-refractivity contribution in [3.8, 4) is 0 Å². The SMILES string of the molecule is Cc1ccc(CN2CC(=O)N3C(Cc4c([nH]c5ccccc45)C3c3cccc([N+](=O)[O-])c3)C2=O)cc1. The second-order valence-corrected chi connectivity index (χ2v) is 9.52. The molecule has 0 saturated carbocycles. The third kappa shape index (κ3) is 3.53. The molecule has 4 aromatic rings. The molecular weight excluding hydrogens is 456 g/mol. The number of hydrogen-bond donors (Lipinski definition) is 1. The van der Waals surface area contributed by atoms with Gasteiger partial charge in [-0.1, -0.05) is 60.2 Å². The standard InChI is InChI=1S/C28H24N4O4/c1-17-9-11-18(12-10-17)15-30-16-25(33)31-24(28(30)34)14-22-21-7-2-3-8-23(21)29-26(22)27(31)19-5-4-6-20(13-19)32(35)36/h2-13,24,27,29H,14-16H2,1H3. The van der Waals surface area contributed by atoms with Gasteiger partial charge in [0.05, 0.1) is 11.0 Å². The highest BCUT2D eigenvalue weighted by Gasteiger charge is 2.48. The third-order valence-electron chi connectivity index (χ3n) is 7.23. The molecule has 1 aromatic heterocycles. The normalized spacial score (nSPS) is 19.4. The van der Waals surface area contributed by atoms with Crippen molar-refractivity contribution in [3.05, 3.63) is 111 Å². The topological polar surface area (TPSA) is 99.6 Å². The molecular formula is C28H24N4O4. The number of nitrogens with zero attached hydrogens (tertiary/aromatic N) is 3. The number of carbonyl (C=O) groups is 2. The van der Waals surface area contributed by atoms with E-state index in [4.69, 9.17) is 0 Å². The molecule has 6 rings (SSSR count). The Balaban J connectivity index is 1.46. The fourth-order valence-electron chi connectivity index (χ4n) is 5.53. The van der Waals surface area contributed by atoms with E-state index >= 15 is 0 Å². The van der Waals surface area contributed by atoms with E-state index in [2.05, 4.69) is 4.98 Å². The van der Waals surface area contributed by atoms with Crippen LogP contribution in [0.1, 0.15) is 34.0 Å². The average Bonchev–Trinajstić information content (AvgIpc) is 3.25. The van der Waals surface area contributed by atoms with Crippen LogP contribution in [0.5, 0.6) is 0 Å². The number of H-pyrrole nitrogens is 1. The number of aromatic nitrogens is 1. The Morgan fingerprint density at radius 2 is 1.81 bits per heavy atom. The molecule has 8 heteroatoms. The molecule has 2 aliphatic rings. The van der Waals surface area contributed by atoms with Gasteiger partial charge < -0.3 is 14.8 Å². The van der Waals surface area contributed by atoms with E-state index in [1.54, 1.807) is 21.9 Å². The Morgan fingerprint density at radius 3 is 2.58 bits per heavy atom. The number of piperazine rings is 1. The first-order valence-electron chi connectivity index (χ1n) is 11.9. The summed E-state index contributed by atoms with van der Waals surface area (Å²) in [5, 5.41) is 12.5. The van der Waals surface area contributed by atoms with Gasteiger partial charge in [0.25, 0.3) is 5.69 Å². The number of carbonyl (C=O) groups excluding carboxylic acids is 2. The molecule has 2 unspecified atom stereocenters. The second kappa shape index (κ2) is 8.34. The minimum Gasteiger partial charge on any atom is -0.356 e. The van der Waals surface area contributed by atoms with Gasteiger partial charge in [0, 0.05) is 41.7 Å². The van der Waals surface area contributed by atoms with Gasteiger partial charge in [-0.15, -0.1) is 0 Å². The van der Waals surface area contributed by atoms with Gasteiger partial charge in [-0.25, -0.2) is 0 Å². The molecule has 1 saturated heterocycles. The zero-order valence-corrected chi connectivity index (χ0v) is 19.7. The number of nitro groups is 1. The van der Waals surface area contributed by atoms with Crippen molar-refractivity contribution in [2.45, 2.75) is 32.0 Å². The van der Waals surface area contributed by atoms with Gasteiger partial charge in [-0.2, -0.15) is 0 Å². The highest BCUT2D eigenvalue weighted by Crippen LogP contribution is 2.43. The Morgan fingerprint density at radius 1 is 1.03 bits per heavy atom. The number of fused-ring (bicyclic) bond motifs is 4. The maximum atomic E-state index is 13.8. The number of non-ortho nitro benzene ring substituents is 1. The summed E-state index contributed by atoms with van der Waals surface area (Å²) in [6.45, 7) is 2.33. The third-order valence-corrected chi connectivity index (χ3v) is 7.23. The minimum absolute atomic E-state index is 0.0375. The molecule has 2 amide bonds. The van der Waals surface area contributed by atoms with Crippen LogP contribution in [0.3, 0.4) is 0 Å². The lowest BCUT2D eigenvalue weighted by Gasteiger charge is -2.47. The highest BCUT2D eigenvalue weighted by molar-refractivity contribution is 5.97. The predicted octanol–water partition coefficient (Wildman–Crippen LogP) is 4.27. The molecule has 0 bridgehead atoms. The molecule has 180 valence electrons.